The number of anilines is 1. The molecule has 0 aliphatic heterocycles. The predicted octanol–water partition coefficient (Wildman–Crippen LogP) is 2.00. The average Bonchev–Trinajstić information content (AvgIpc) is 2.87. The largest absolute Gasteiger partial charge is 0.382 e. The smallest absolute Gasteiger partial charge is 0.150 e. The Morgan fingerprint density at radius 2 is 2.26 bits per heavy atom. The van der Waals surface area contributed by atoms with Crippen molar-refractivity contribution >= 4 is 5.69 Å². The Bertz CT molecular complexity index is 552. The van der Waals surface area contributed by atoms with Gasteiger partial charge in [0, 0.05) is 18.8 Å². The summed E-state index contributed by atoms with van der Waals surface area (Å²) < 4.78 is 20.6. The van der Waals surface area contributed by atoms with Crippen molar-refractivity contribution in [2.45, 2.75) is 25.0 Å². The minimum Gasteiger partial charge on any atom is -0.382 e. The van der Waals surface area contributed by atoms with Crippen molar-refractivity contribution in [3.63, 3.8) is 0 Å². The first kappa shape index (κ1) is 12.1. The molecule has 1 aromatic carbocycles. The molecule has 6 heteroatoms. The number of nitrogens with zero attached hydrogens (tertiary/aromatic N) is 3. The Hall–Kier alpha value is -1.95. The van der Waals surface area contributed by atoms with E-state index in [0.717, 1.165) is 18.5 Å². The number of ether oxygens (including phenoxy) is 1. The number of methoxy groups -OCH3 is 1. The summed E-state index contributed by atoms with van der Waals surface area (Å²) in [6, 6.07) is 5.39. The lowest BCUT2D eigenvalue weighted by Crippen LogP contribution is -2.40. The summed E-state index contributed by atoms with van der Waals surface area (Å²) in [5, 5.41) is 7.21. The first-order chi connectivity index (χ1) is 9.26. The van der Waals surface area contributed by atoms with E-state index in [4.69, 9.17) is 4.74 Å². The van der Waals surface area contributed by atoms with Crippen molar-refractivity contribution in [2.75, 3.05) is 12.4 Å². The van der Waals surface area contributed by atoms with Crippen LogP contribution in [0.25, 0.3) is 5.69 Å². The molecule has 0 saturated heterocycles. The Balaban J connectivity index is 1.70. The topological polar surface area (TPSA) is 52.0 Å². The molecule has 1 aromatic heterocycles. The van der Waals surface area contributed by atoms with Gasteiger partial charge in [-0.15, -0.1) is 0 Å². The zero-order chi connectivity index (χ0) is 13.2. The van der Waals surface area contributed by atoms with Gasteiger partial charge < -0.3 is 10.1 Å². The molecule has 0 bridgehead atoms. The van der Waals surface area contributed by atoms with E-state index in [9.17, 15) is 4.39 Å². The van der Waals surface area contributed by atoms with Crippen LogP contribution >= 0.6 is 0 Å². The normalized spacial score (nSPS) is 22.0. The first-order valence-electron chi connectivity index (χ1n) is 6.20. The van der Waals surface area contributed by atoms with Crippen LogP contribution in [0.5, 0.6) is 0 Å². The number of hydrogen-bond donors (Lipinski definition) is 1. The average molecular weight is 262 g/mol. The number of rotatable bonds is 4. The minimum atomic E-state index is -0.321. The van der Waals surface area contributed by atoms with E-state index in [2.05, 4.69) is 15.4 Å². The number of nitrogens with one attached hydrogen (secondary N) is 1. The summed E-state index contributed by atoms with van der Waals surface area (Å²) in [5.41, 5.74) is 1.17. The van der Waals surface area contributed by atoms with E-state index < -0.39 is 0 Å². The van der Waals surface area contributed by atoms with Crippen LogP contribution in [0.4, 0.5) is 10.1 Å². The summed E-state index contributed by atoms with van der Waals surface area (Å²) in [7, 11) is 1.72. The monoisotopic (exact) mass is 262 g/mol. The third-order valence-electron chi connectivity index (χ3n) is 3.41. The highest BCUT2D eigenvalue weighted by molar-refractivity contribution is 5.50. The van der Waals surface area contributed by atoms with Crippen LogP contribution < -0.4 is 5.32 Å². The van der Waals surface area contributed by atoms with Gasteiger partial charge in [-0.05, 0) is 31.0 Å². The van der Waals surface area contributed by atoms with Gasteiger partial charge in [0.15, 0.2) is 5.82 Å². The second kappa shape index (κ2) is 4.97. The highest BCUT2D eigenvalue weighted by Crippen LogP contribution is 2.27. The molecular weight excluding hydrogens is 247 g/mol. The second-order valence-corrected chi connectivity index (χ2v) is 4.68. The Labute approximate surface area is 110 Å². The number of benzene rings is 1. The van der Waals surface area contributed by atoms with Gasteiger partial charge in [-0.3, -0.25) is 0 Å². The maximum atomic E-state index is 14.0. The van der Waals surface area contributed by atoms with Gasteiger partial charge in [-0.2, -0.15) is 5.10 Å². The molecule has 19 heavy (non-hydrogen) atoms. The third-order valence-corrected chi connectivity index (χ3v) is 3.41. The van der Waals surface area contributed by atoms with Crippen LogP contribution in [0.15, 0.2) is 30.9 Å². The summed E-state index contributed by atoms with van der Waals surface area (Å²) in [6.07, 6.45) is 5.11. The maximum absolute atomic E-state index is 14.0. The summed E-state index contributed by atoms with van der Waals surface area (Å²) in [5.74, 6) is -0.321. The van der Waals surface area contributed by atoms with Crippen LogP contribution in [0, 0.1) is 5.82 Å². The Morgan fingerprint density at radius 3 is 2.89 bits per heavy atom. The lowest BCUT2D eigenvalue weighted by atomic mass is 9.89. The van der Waals surface area contributed by atoms with Gasteiger partial charge in [0.1, 0.15) is 18.3 Å². The van der Waals surface area contributed by atoms with Gasteiger partial charge in [0.05, 0.1) is 6.10 Å². The standard InChI is InChI=1S/C13H15FN4O/c1-19-11-4-10(5-11)17-9-2-3-13(12(14)6-9)18-8-15-7-16-18/h2-3,6-8,10-11,17H,4-5H2,1H3. The SMILES string of the molecule is COC1CC(Nc2ccc(-n3cncn3)c(F)c2)C1. The van der Waals surface area contributed by atoms with Crippen molar-refractivity contribution in [1.82, 2.24) is 14.8 Å². The quantitative estimate of drug-likeness (QED) is 0.915. The molecule has 0 amide bonds. The van der Waals surface area contributed by atoms with Crippen LogP contribution in [0.2, 0.25) is 0 Å². The maximum Gasteiger partial charge on any atom is 0.150 e. The molecular formula is C13H15FN4O. The van der Waals surface area contributed by atoms with Crippen molar-refractivity contribution in [3.05, 3.63) is 36.7 Å². The molecule has 100 valence electrons. The molecule has 5 nitrogen and oxygen atoms in total. The fraction of sp³-hybridized carbons (Fsp3) is 0.385. The molecule has 1 aliphatic carbocycles. The lowest BCUT2D eigenvalue weighted by molar-refractivity contribution is 0.0329. The molecule has 1 N–H and O–H groups in total. The highest BCUT2D eigenvalue weighted by Gasteiger charge is 2.28. The van der Waals surface area contributed by atoms with Gasteiger partial charge in [-0.1, -0.05) is 0 Å². The molecule has 1 heterocycles. The molecule has 0 unspecified atom stereocenters. The van der Waals surface area contributed by atoms with Crippen molar-refractivity contribution in [2.24, 2.45) is 0 Å². The molecule has 0 spiro atoms. The van der Waals surface area contributed by atoms with Gasteiger partial charge >= 0.3 is 0 Å². The zero-order valence-electron chi connectivity index (χ0n) is 10.6. The molecule has 0 atom stereocenters. The van der Waals surface area contributed by atoms with E-state index in [1.165, 1.54) is 23.4 Å². The molecule has 1 fully saturated rings. The fourth-order valence-electron chi connectivity index (χ4n) is 2.23. The molecule has 1 saturated carbocycles. The van der Waals surface area contributed by atoms with Gasteiger partial charge in [0.25, 0.3) is 0 Å². The van der Waals surface area contributed by atoms with Crippen LogP contribution in [-0.2, 0) is 4.74 Å². The molecule has 0 radical (unpaired) electrons. The number of aromatic nitrogens is 3. The predicted molar refractivity (Wildman–Crippen MR) is 68.8 cm³/mol. The fourth-order valence-corrected chi connectivity index (χ4v) is 2.23. The van der Waals surface area contributed by atoms with Crippen molar-refractivity contribution < 1.29 is 9.13 Å². The van der Waals surface area contributed by atoms with E-state index >= 15 is 0 Å². The Kier molecular flexibility index (Phi) is 3.16. The summed E-state index contributed by atoms with van der Waals surface area (Å²) in [6.45, 7) is 0. The first-order valence-corrected chi connectivity index (χ1v) is 6.20. The second-order valence-electron chi connectivity index (χ2n) is 4.68. The third kappa shape index (κ3) is 2.44. The van der Waals surface area contributed by atoms with E-state index in [1.54, 1.807) is 13.2 Å². The zero-order valence-corrected chi connectivity index (χ0v) is 10.6. The van der Waals surface area contributed by atoms with Crippen LogP contribution in [0.3, 0.4) is 0 Å². The van der Waals surface area contributed by atoms with Crippen molar-refractivity contribution in [3.8, 4) is 5.69 Å². The lowest BCUT2D eigenvalue weighted by Gasteiger charge is -2.35. The van der Waals surface area contributed by atoms with E-state index in [-0.39, 0.29) is 5.82 Å². The molecule has 1 aliphatic rings. The van der Waals surface area contributed by atoms with Crippen LogP contribution in [-0.4, -0.2) is 34.0 Å². The van der Waals surface area contributed by atoms with E-state index in [0.29, 0.717) is 17.8 Å². The molecule has 2 aromatic rings. The number of halogens is 1. The highest BCUT2D eigenvalue weighted by atomic mass is 19.1. The van der Waals surface area contributed by atoms with E-state index in [1.807, 2.05) is 6.07 Å². The summed E-state index contributed by atoms with van der Waals surface area (Å²) >= 11 is 0. The van der Waals surface area contributed by atoms with Crippen molar-refractivity contribution in [1.29, 1.82) is 0 Å². The summed E-state index contributed by atoms with van der Waals surface area (Å²) in [4.78, 5) is 3.81. The molecule has 3 rings (SSSR count). The van der Waals surface area contributed by atoms with Crippen LogP contribution in [0.1, 0.15) is 12.8 Å². The number of hydrogen-bond acceptors (Lipinski definition) is 4. The Morgan fingerprint density at radius 1 is 1.42 bits per heavy atom. The van der Waals surface area contributed by atoms with Gasteiger partial charge in [-0.25, -0.2) is 14.1 Å². The minimum absolute atomic E-state index is 0.321. The van der Waals surface area contributed by atoms with Gasteiger partial charge in [0.2, 0.25) is 0 Å².